The first-order valence-corrected chi connectivity index (χ1v) is 10.3. The van der Waals surface area contributed by atoms with Gasteiger partial charge in [-0.3, -0.25) is 4.98 Å². The Bertz CT molecular complexity index is 993. The number of nitrogen functional groups attached to an aromatic ring is 1. The van der Waals surface area contributed by atoms with E-state index in [0.29, 0.717) is 5.92 Å². The minimum atomic E-state index is 0.157. The first kappa shape index (κ1) is 19.9. The summed E-state index contributed by atoms with van der Waals surface area (Å²) in [6.45, 7) is 9.45. The molecule has 2 aromatic rings. The molecule has 2 fully saturated rings. The van der Waals surface area contributed by atoms with Gasteiger partial charge in [0.15, 0.2) is 5.82 Å². The molecule has 30 heavy (non-hydrogen) atoms. The highest BCUT2D eigenvalue weighted by atomic mass is 15.3. The molecule has 154 valence electrons. The van der Waals surface area contributed by atoms with Crippen LogP contribution in [0.1, 0.15) is 35.6 Å². The molecule has 2 saturated heterocycles. The zero-order valence-electron chi connectivity index (χ0n) is 17.3. The lowest BCUT2D eigenvalue weighted by Crippen LogP contribution is -2.45. The van der Waals surface area contributed by atoms with Gasteiger partial charge >= 0.3 is 0 Å². The Morgan fingerprint density at radius 1 is 1.27 bits per heavy atom. The van der Waals surface area contributed by atoms with Crippen LogP contribution in [0.3, 0.4) is 0 Å². The number of benzene rings is 1. The number of hydrogen-bond donors (Lipinski definition) is 1. The van der Waals surface area contributed by atoms with Crippen LogP contribution >= 0.6 is 0 Å². The molecule has 1 aromatic heterocycles. The average Bonchev–Trinajstić information content (AvgIpc) is 2.74. The van der Waals surface area contributed by atoms with E-state index in [9.17, 15) is 0 Å². The molecule has 1 aromatic carbocycles. The molecule has 0 radical (unpaired) electrons. The largest absolute Gasteiger partial charge is 0.398 e. The molecule has 2 N–H and O–H groups in total. The smallest absolute Gasteiger partial charge is 0.150 e. The van der Waals surface area contributed by atoms with E-state index in [1.54, 1.807) is 18.6 Å². The fourth-order valence-corrected chi connectivity index (χ4v) is 4.00. The molecule has 0 bridgehead atoms. The van der Waals surface area contributed by atoms with Crippen LogP contribution in [0.5, 0.6) is 0 Å². The minimum absolute atomic E-state index is 0.157. The summed E-state index contributed by atoms with van der Waals surface area (Å²) in [5.74, 6) is 2.15. The lowest BCUT2D eigenvalue weighted by atomic mass is 9.94. The first-order chi connectivity index (χ1) is 14.6. The number of hydrogen-bond acceptors (Lipinski definition) is 7. The van der Waals surface area contributed by atoms with Gasteiger partial charge in [0.25, 0.3) is 0 Å². The van der Waals surface area contributed by atoms with E-state index >= 15 is 0 Å². The summed E-state index contributed by atoms with van der Waals surface area (Å²) in [6.07, 6.45) is 7.07. The Kier molecular flexibility index (Phi) is 5.66. The molecule has 0 amide bonds. The van der Waals surface area contributed by atoms with Gasteiger partial charge in [0.1, 0.15) is 5.82 Å². The van der Waals surface area contributed by atoms with E-state index in [1.165, 1.54) is 0 Å². The minimum Gasteiger partial charge on any atom is -0.398 e. The number of rotatable bonds is 5. The highest BCUT2D eigenvalue weighted by Crippen LogP contribution is 2.34. The third-order valence-electron chi connectivity index (χ3n) is 6.03. The van der Waals surface area contributed by atoms with Gasteiger partial charge in [-0.2, -0.15) is 5.26 Å². The third kappa shape index (κ3) is 3.99. The number of anilines is 2. The van der Waals surface area contributed by atoms with E-state index in [-0.39, 0.29) is 5.92 Å². The Labute approximate surface area is 177 Å². The van der Waals surface area contributed by atoms with Crippen LogP contribution in [0.15, 0.2) is 48.0 Å². The second kappa shape index (κ2) is 8.54. The zero-order valence-corrected chi connectivity index (χ0v) is 17.3. The first-order valence-electron chi connectivity index (χ1n) is 10.3. The van der Waals surface area contributed by atoms with Gasteiger partial charge in [-0.25, -0.2) is 9.98 Å². The van der Waals surface area contributed by atoms with Crippen molar-refractivity contribution in [1.29, 1.82) is 5.26 Å². The van der Waals surface area contributed by atoms with E-state index in [4.69, 9.17) is 11.0 Å². The summed E-state index contributed by atoms with van der Waals surface area (Å²) < 4.78 is 0. The third-order valence-corrected chi connectivity index (χ3v) is 6.03. The topological polar surface area (TPSA) is 94.4 Å². The second-order valence-electron chi connectivity index (χ2n) is 8.01. The van der Waals surface area contributed by atoms with Crippen molar-refractivity contribution in [2.24, 2.45) is 10.9 Å². The van der Waals surface area contributed by atoms with Crippen LogP contribution in [-0.2, 0) is 0 Å². The summed E-state index contributed by atoms with van der Waals surface area (Å²) in [4.78, 5) is 18.2. The number of para-hydroxylation sites is 1. The van der Waals surface area contributed by atoms with Crippen LogP contribution in [0, 0.1) is 24.2 Å². The normalized spacial score (nSPS) is 17.7. The number of nitrogens with two attached hydrogens (primary N) is 1. The van der Waals surface area contributed by atoms with Crippen LogP contribution in [0.25, 0.3) is 0 Å². The molecule has 0 unspecified atom stereocenters. The predicted octanol–water partition coefficient (Wildman–Crippen LogP) is 3.10. The summed E-state index contributed by atoms with van der Waals surface area (Å²) in [6, 6.07) is 8.31. The number of aliphatic imine (C=N–C) groups is 1. The van der Waals surface area contributed by atoms with Gasteiger partial charge in [-0.05, 0) is 25.3 Å². The monoisotopic (exact) mass is 401 g/mol. The number of likely N-dealkylation sites (tertiary alicyclic amines) is 1. The van der Waals surface area contributed by atoms with Crippen molar-refractivity contribution in [2.45, 2.75) is 25.7 Å². The highest BCUT2D eigenvalue weighted by Gasteiger charge is 2.34. The van der Waals surface area contributed by atoms with Crippen molar-refractivity contribution < 1.29 is 0 Å². The molecular formula is C23H27N7. The van der Waals surface area contributed by atoms with E-state index < -0.39 is 0 Å². The number of aryl methyl sites for hydroxylation is 1. The van der Waals surface area contributed by atoms with E-state index in [2.05, 4.69) is 37.4 Å². The van der Waals surface area contributed by atoms with Crippen molar-refractivity contribution in [3.63, 3.8) is 0 Å². The number of nitriles is 1. The molecule has 7 nitrogen and oxygen atoms in total. The van der Waals surface area contributed by atoms with Gasteiger partial charge in [0.2, 0.25) is 0 Å². The van der Waals surface area contributed by atoms with E-state index in [0.717, 1.165) is 73.2 Å². The molecule has 0 spiro atoms. The lowest BCUT2D eigenvalue weighted by molar-refractivity contribution is 0.195. The van der Waals surface area contributed by atoms with Crippen LogP contribution < -0.4 is 10.6 Å². The van der Waals surface area contributed by atoms with Gasteiger partial charge in [-0.15, -0.1) is 0 Å². The fourth-order valence-electron chi connectivity index (χ4n) is 4.00. The van der Waals surface area contributed by atoms with Gasteiger partial charge in [0, 0.05) is 67.9 Å². The second-order valence-corrected chi connectivity index (χ2v) is 8.01. The summed E-state index contributed by atoms with van der Waals surface area (Å²) in [7, 11) is 0. The summed E-state index contributed by atoms with van der Waals surface area (Å²) in [5, 5.41) is 9.14. The maximum Gasteiger partial charge on any atom is 0.150 e. The molecule has 0 aliphatic carbocycles. The van der Waals surface area contributed by atoms with E-state index in [1.807, 2.05) is 25.1 Å². The maximum atomic E-state index is 9.14. The maximum absolute atomic E-state index is 9.14. The zero-order chi connectivity index (χ0) is 21.1. The van der Waals surface area contributed by atoms with Crippen LogP contribution in [-0.4, -0.2) is 47.3 Å². The lowest BCUT2D eigenvalue weighted by Gasteiger charge is -2.41. The Balaban J connectivity index is 1.39. The number of piperidine rings is 1. The molecule has 3 heterocycles. The van der Waals surface area contributed by atoms with Crippen molar-refractivity contribution in [3.05, 3.63) is 59.8 Å². The SMILES string of the molecule is C=C(/N=C\c1cccc(C)c1N)N1CC(c2nccnc2N2CCC(C#N)CC2)C1. The van der Waals surface area contributed by atoms with Gasteiger partial charge < -0.3 is 15.5 Å². The van der Waals surface area contributed by atoms with Gasteiger partial charge in [-0.1, -0.05) is 24.8 Å². The highest BCUT2D eigenvalue weighted by molar-refractivity contribution is 5.88. The number of aromatic nitrogens is 2. The Morgan fingerprint density at radius 3 is 2.73 bits per heavy atom. The molecule has 7 heteroatoms. The van der Waals surface area contributed by atoms with Crippen molar-refractivity contribution in [2.75, 3.05) is 36.8 Å². The van der Waals surface area contributed by atoms with Crippen molar-refractivity contribution >= 4 is 17.7 Å². The molecule has 2 aliphatic rings. The predicted molar refractivity (Wildman–Crippen MR) is 119 cm³/mol. The van der Waals surface area contributed by atoms with Crippen molar-refractivity contribution in [3.8, 4) is 6.07 Å². The average molecular weight is 402 g/mol. The molecule has 0 saturated carbocycles. The molecule has 0 atom stereocenters. The quantitative estimate of drug-likeness (QED) is 0.611. The van der Waals surface area contributed by atoms with Crippen LogP contribution in [0.2, 0.25) is 0 Å². The standard InChI is InChI=1S/C23H27N7/c1-16-4-3-5-19(21(16)25)13-28-17(2)30-14-20(15-30)22-23(27-9-8-26-22)29-10-6-18(12-24)7-11-29/h3-5,8-9,13,18,20H,2,6-7,10-11,14-15,25H2,1H3/b28-13-. The summed E-state index contributed by atoms with van der Waals surface area (Å²) >= 11 is 0. The fraction of sp³-hybridized carbons (Fsp3) is 0.391. The molecule has 4 rings (SSSR count). The molecular weight excluding hydrogens is 374 g/mol. The Morgan fingerprint density at radius 2 is 2.00 bits per heavy atom. The molecule has 2 aliphatic heterocycles. The Hall–Kier alpha value is -3.40. The summed E-state index contributed by atoms with van der Waals surface area (Å²) in [5.41, 5.74) is 9.86. The number of nitrogens with zero attached hydrogens (tertiary/aromatic N) is 6. The van der Waals surface area contributed by atoms with Crippen molar-refractivity contribution in [1.82, 2.24) is 14.9 Å². The van der Waals surface area contributed by atoms with Crippen LogP contribution in [0.4, 0.5) is 11.5 Å². The van der Waals surface area contributed by atoms with Gasteiger partial charge in [0.05, 0.1) is 11.8 Å².